The predicted molar refractivity (Wildman–Crippen MR) is 113 cm³/mol. The van der Waals surface area contributed by atoms with Gasteiger partial charge in [0.05, 0.1) is 6.04 Å². The summed E-state index contributed by atoms with van der Waals surface area (Å²) < 4.78 is 0. The molecule has 1 heterocycles. The van der Waals surface area contributed by atoms with Crippen molar-refractivity contribution in [1.82, 2.24) is 15.5 Å². The molecule has 1 unspecified atom stereocenters. The maximum absolute atomic E-state index is 12.9. The molecule has 6 nitrogen and oxygen atoms in total. The maximum atomic E-state index is 12.9. The Morgan fingerprint density at radius 1 is 1.07 bits per heavy atom. The van der Waals surface area contributed by atoms with Crippen LogP contribution in [0.1, 0.15) is 58.1 Å². The van der Waals surface area contributed by atoms with Crippen molar-refractivity contribution in [3.8, 4) is 0 Å². The lowest BCUT2D eigenvalue weighted by atomic mass is 9.88. The highest BCUT2D eigenvalue weighted by atomic mass is 16.2. The number of benzene rings is 2. The molecular formula is C23H29N3O3. The van der Waals surface area contributed by atoms with Crippen molar-refractivity contribution in [3.63, 3.8) is 0 Å². The molecule has 1 fully saturated rings. The van der Waals surface area contributed by atoms with Gasteiger partial charge in [0, 0.05) is 0 Å². The van der Waals surface area contributed by atoms with E-state index in [1.165, 1.54) is 0 Å². The molecule has 2 aromatic carbocycles. The smallest absolute Gasteiger partial charge is 0.325 e. The van der Waals surface area contributed by atoms with Gasteiger partial charge in [-0.25, -0.2) is 4.79 Å². The Labute approximate surface area is 171 Å². The van der Waals surface area contributed by atoms with E-state index < -0.39 is 11.6 Å². The summed E-state index contributed by atoms with van der Waals surface area (Å²) in [5, 5.41) is 7.95. The van der Waals surface area contributed by atoms with Crippen LogP contribution < -0.4 is 10.6 Å². The van der Waals surface area contributed by atoms with Crippen molar-refractivity contribution in [2.24, 2.45) is 0 Å². The summed E-state index contributed by atoms with van der Waals surface area (Å²) in [7, 11) is 0. The summed E-state index contributed by atoms with van der Waals surface area (Å²) in [5.41, 5.74) is 0.127. The van der Waals surface area contributed by atoms with E-state index >= 15 is 0 Å². The molecule has 29 heavy (non-hydrogen) atoms. The average molecular weight is 396 g/mol. The van der Waals surface area contributed by atoms with Crippen LogP contribution in [0.15, 0.2) is 42.5 Å². The van der Waals surface area contributed by atoms with Gasteiger partial charge in [-0.3, -0.25) is 14.5 Å². The van der Waals surface area contributed by atoms with E-state index in [1.54, 1.807) is 0 Å². The quantitative estimate of drug-likeness (QED) is 0.665. The molecule has 2 aromatic rings. The molecule has 0 radical (unpaired) electrons. The monoisotopic (exact) mass is 395 g/mol. The zero-order valence-electron chi connectivity index (χ0n) is 17.3. The number of fused-ring (bicyclic) bond motifs is 1. The highest BCUT2D eigenvalue weighted by Crippen LogP contribution is 2.28. The first-order valence-electron chi connectivity index (χ1n) is 10.3. The van der Waals surface area contributed by atoms with E-state index in [-0.39, 0.29) is 24.4 Å². The summed E-state index contributed by atoms with van der Waals surface area (Å²) in [6, 6.07) is 13.2. The fraction of sp³-hybridized carbons (Fsp3) is 0.435. The second kappa shape index (κ2) is 8.64. The number of carbonyl (C=O) groups is 3. The lowest BCUT2D eigenvalue weighted by Crippen LogP contribution is -2.47. The van der Waals surface area contributed by atoms with Gasteiger partial charge in [0.25, 0.3) is 5.91 Å². The molecular weight excluding hydrogens is 366 g/mol. The van der Waals surface area contributed by atoms with Crippen molar-refractivity contribution in [2.45, 2.75) is 58.0 Å². The number of nitrogens with one attached hydrogen (secondary N) is 2. The molecule has 1 aliphatic heterocycles. The van der Waals surface area contributed by atoms with Gasteiger partial charge >= 0.3 is 6.03 Å². The van der Waals surface area contributed by atoms with Gasteiger partial charge in [0.1, 0.15) is 12.1 Å². The largest absolute Gasteiger partial charge is 0.348 e. The van der Waals surface area contributed by atoms with Gasteiger partial charge in [-0.15, -0.1) is 0 Å². The Hall–Kier alpha value is -2.89. The summed E-state index contributed by atoms with van der Waals surface area (Å²) in [6.45, 7) is 5.61. The number of amides is 4. The van der Waals surface area contributed by atoms with E-state index in [9.17, 15) is 14.4 Å². The van der Waals surface area contributed by atoms with Gasteiger partial charge in [0.2, 0.25) is 5.91 Å². The Morgan fingerprint density at radius 2 is 1.72 bits per heavy atom. The summed E-state index contributed by atoms with van der Waals surface area (Å²) in [6.07, 6.45) is 2.72. The molecule has 6 heteroatoms. The third-order valence-corrected chi connectivity index (χ3v) is 5.57. The maximum Gasteiger partial charge on any atom is 0.325 e. The second-order valence-electron chi connectivity index (χ2n) is 7.76. The van der Waals surface area contributed by atoms with Crippen molar-refractivity contribution >= 4 is 28.6 Å². The third-order valence-electron chi connectivity index (χ3n) is 5.57. The summed E-state index contributed by atoms with van der Waals surface area (Å²) >= 11 is 0. The van der Waals surface area contributed by atoms with Crippen molar-refractivity contribution in [3.05, 3.63) is 48.0 Å². The number of rotatable bonds is 8. The summed E-state index contributed by atoms with van der Waals surface area (Å²) in [4.78, 5) is 39.1. The number of urea groups is 1. The van der Waals surface area contributed by atoms with Gasteiger partial charge in [-0.05, 0) is 36.1 Å². The Kier molecular flexibility index (Phi) is 6.20. The highest BCUT2D eigenvalue weighted by Gasteiger charge is 2.50. The topological polar surface area (TPSA) is 78.5 Å². The SMILES string of the molecule is CCCC1(CCC)NC(=O)N(CC(=O)NC(C)c2cccc3ccccc23)C1=O. The normalized spacial score (nSPS) is 16.7. The highest BCUT2D eigenvalue weighted by molar-refractivity contribution is 6.09. The van der Waals surface area contributed by atoms with Gasteiger partial charge in [-0.2, -0.15) is 0 Å². The van der Waals surface area contributed by atoms with Gasteiger partial charge < -0.3 is 10.6 Å². The van der Waals surface area contributed by atoms with Crippen LogP contribution in [0.25, 0.3) is 10.8 Å². The number of imide groups is 1. The van der Waals surface area contributed by atoms with Crippen LogP contribution in [-0.2, 0) is 9.59 Å². The third kappa shape index (κ3) is 4.11. The lowest BCUT2D eigenvalue weighted by Gasteiger charge is -2.25. The second-order valence-corrected chi connectivity index (χ2v) is 7.76. The van der Waals surface area contributed by atoms with E-state index in [0.29, 0.717) is 12.8 Å². The number of hydrogen-bond donors (Lipinski definition) is 2. The Bertz CT molecular complexity index is 913. The van der Waals surface area contributed by atoms with Gasteiger partial charge in [-0.1, -0.05) is 69.2 Å². The first-order chi connectivity index (χ1) is 13.9. The lowest BCUT2D eigenvalue weighted by molar-refractivity contribution is -0.135. The number of nitrogens with zero attached hydrogens (tertiary/aromatic N) is 1. The first-order valence-corrected chi connectivity index (χ1v) is 10.3. The summed E-state index contributed by atoms with van der Waals surface area (Å²) in [5.74, 6) is -0.642. The predicted octanol–water partition coefficient (Wildman–Crippen LogP) is 3.91. The number of carbonyl (C=O) groups excluding carboxylic acids is 3. The van der Waals surface area contributed by atoms with Crippen LogP contribution in [0.2, 0.25) is 0 Å². The molecule has 0 spiro atoms. The van der Waals surface area contributed by atoms with E-state index in [2.05, 4.69) is 10.6 Å². The minimum absolute atomic E-state index is 0.245. The van der Waals surface area contributed by atoms with Crippen molar-refractivity contribution < 1.29 is 14.4 Å². The zero-order valence-corrected chi connectivity index (χ0v) is 17.3. The number of hydrogen-bond acceptors (Lipinski definition) is 3. The van der Waals surface area contributed by atoms with Crippen molar-refractivity contribution in [2.75, 3.05) is 6.54 Å². The average Bonchev–Trinajstić information content (AvgIpc) is 2.92. The van der Waals surface area contributed by atoms with E-state index in [1.807, 2.05) is 63.2 Å². The first kappa shape index (κ1) is 20.8. The molecule has 0 aromatic heterocycles. The van der Waals surface area contributed by atoms with Crippen molar-refractivity contribution in [1.29, 1.82) is 0 Å². The minimum Gasteiger partial charge on any atom is -0.348 e. The molecule has 1 aliphatic rings. The molecule has 1 atom stereocenters. The van der Waals surface area contributed by atoms with E-state index in [0.717, 1.165) is 34.1 Å². The Balaban J connectivity index is 1.71. The fourth-order valence-corrected chi connectivity index (χ4v) is 4.27. The fourth-order valence-electron chi connectivity index (χ4n) is 4.27. The van der Waals surface area contributed by atoms with Crippen LogP contribution in [0.3, 0.4) is 0 Å². The van der Waals surface area contributed by atoms with Crippen LogP contribution in [0, 0.1) is 0 Å². The molecule has 154 valence electrons. The molecule has 3 rings (SSSR count). The van der Waals surface area contributed by atoms with Gasteiger partial charge in [0.15, 0.2) is 0 Å². The molecule has 0 bridgehead atoms. The van der Waals surface area contributed by atoms with Crippen LogP contribution in [-0.4, -0.2) is 34.8 Å². The molecule has 0 saturated carbocycles. The molecule has 0 aliphatic carbocycles. The Morgan fingerprint density at radius 3 is 2.41 bits per heavy atom. The molecule has 2 N–H and O–H groups in total. The minimum atomic E-state index is -0.873. The zero-order chi connectivity index (χ0) is 21.0. The van der Waals surface area contributed by atoms with E-state index in [4.69, 9.17) is 0 Å². The van der Waals surface area contributed by atoms with Crippen LogP contribution >= 0.6 is 0 Å². The standard InChI is InChI=1S/C23H29N3O3/c1-4-13-23(14-5-2)21(28)26(22(29)25-23)15-20(27)24-16(3)18-12-8-10-17-9-6-7-11-19(17)18/h6-12,16H,4-5,13-15H2,1-3H3,(H,24,27)(H,25,29). The van der Waals surface area contributed by atoms with Crippen LogP contribution in [0.4, 0.5) is 4.79 Å². The molecule has 1 saturated heterocycles. The molecule has 4 amide bonds. The van der Waals surface area contributed by atoms with Crippen LogP contribution in [0.5, 0.6) is 0 Å².